The van der Waals surface area contributed by atoms with Crippen molar-refractivity contribution < 1.29 is 19.4 Å². The summed E-state index contributed by atoms with van der Waals surface area (Å²) in [6.45, 7) is 0. The molecule has 1 fully saturated rings. The number of aliphatic hydroxyl groups excluding tert-OH is 1. The van der Waals surface area contributed by atoms with Gasteiger partial charge in [0.05, 0.1) is 18.6 Å². The summed E-state index contributed by atoms with van der Waals surface area (Å²) in [4.78, 5) is 24.4. The van der Waals surface area contributed by atoms with Gasteiger partial charge in [-0.15, -0.1) is 0 Å². The molecule has 1 aromatic rings. The van der Waals surface area contributed by atoms with Gasteiger partial charge in [0, 0.05) is 5.69 Å². The Labute approximate surface area is 102 Å². The molecule has 0 saturated carbocycles. The number of hydrogen-bond donors (Lipinski definition) is 1. The molecule has 0 bridgehead atoms. The number of esters is 1. The van der Waals surface area contributed by atoms with Crippen LogP contribution in [0.5, 0.6) is 0 Å². The molecule has 1 atom stereocenters. The van der Waals surface area contributed by atoms with Gasteiger partial charge >= 0.3 is 5.97 Å². The first-order chi connectivity index (χ1) is 8.13. The highest BCUT2D eigenvalue weighted by Crippen LogP contribution is 2.28. The molecule has 1 aromatic carbocycles. The molecule has 0 radical (unpaired) electrons. The van der Waals surface area contributed by atoms with Crippen LogP contribution < -0.4 is 4.90 Å². The van der Waals surface area contributed by atoms with Gasteiger partial charge in [-0.2, -0.15) is 0 Å². The Kier molecular flexibility index (Phi) is 3.35. The maximum absolute atomic E-state index is 11.6. The highest BCUT2D eigenvalue weighted by molar-refractivity contribution is 8.01. The number of rotatable bonds is 2. The largest absolute Gasteiger partial charge is 0.465 e. The third-order valence-corrected chi connectivity index (χ3v) is 3.34. The van der Waals surface area contributed by atoms with Crippen molar-refractivity contribution in [3.63, 3.8) is 0 Å². The van der Waals surface area contributed by atoms with E-state index < -0.39 is 11.4 Å². The van der Waals surface area contributed by atoms with Gasteiger partial charge in [0.15, 0.2) is 5.44 Å². The van der Waals surface area contributed by atoms with Crippen LogP contribution in [0, 0.1) is 0 Å². The Hall–Kier alpha value is -1.53. The van der Waals surface area contributed by atoms with E-state index in [-0.39, 0.29) is 5.91 Å². The fraction of sp³-hybridized carbons (Fsp3) is 0.273. The number of benzene rings is 1. The van der Waals surface area contributed by atoms with Gasteiger partial charge in [-0.05, 0) is 18.2 Å². The van der Waals surface area contributed by atoms with Gasteiger partial charge < -0.3 is 9.84 Å². The molecule has 1 aliphatic heterocycles. The Bertz CT molecular complexity index is 463. The maximum Gasteiger partial charge on any atom is 0.337 e. The molecule has 0 spiro atoms. The van der Waals surface area contributed by atoms with E-state index in [2.05, 4.69) is 4.74 Å². The Morgan fingerprint density at radius 1 is 1.59 bits per heavy atom. The average molecular weight is 253 g/mol. The molecule has 1 saturated heterocycles. The molecule has 17 heavy (non-hydrogen) atoms. The third kappa shape index (κ3) is 2.27. The summed E-state index contributed by atoms with van der Waals surface area (Å²) in [7, 11) is 1.30. The van der Waals surface area contributed by atoms with Crippen LogP contribution in [0.25, 0.3) is 0 Å². The van der Waals surface area contributed by atoms with E-state index in [1.54, 1.807) is 24.3 Å². The predicted octanol–water partition coefficient (Wildman–Crippen LogP) is 0.829. The van der Waals surface area contributed by atoms with Gasteiger partial charge in [0.25, 0.3) is 5.91 Å². The molecule has 1 amide bonds. The van der Waals surface area contributed by atoms with Crippen LogP contribution in [0.4, 0.5) is 5.69 Å². The molecule has 1 heterocycles. The van der Waals surface area contributed by atoms with Crippen LogP contribution in [-0.4, -0.2) is 35.4 Å². The van der Waals surface area contributed by atoms with Crippen molar-refractivity contribution >= 4 is 29.3 Å². The molecule has 2 rings (SSSR count). The molecule has 6 heteroatoms. The van der Waals surface area contributed by atoms with E-state index in [1.807, 2.05) is 0 Å². The number of amides is 1. The third-order valence-electron chi connectivity index (χ3n) is 2.42. The molecule has 90 valence electrons. The van der Waals surface area contributed by atoms with E-state index in [0.717, 1.165) is 11.8 Å². The van der Waals surface area contributed by atoms with Crippen molar-refractivity contribution in [2.24, 2.45) is 0 Å². The second-order valence-corrected chi connectivity index (χ2v) is 4.49. The zero-order chi connectivity index (χ0) is 12.4. The van der Waals surface area contributed by atoms with Crippen LogP contribution in [0.1, 0.15) is 10.4 Å². The van der Waals surface area contributed by atoms with Gasteiger partial charge in [-0.25, -0.2) is 4.79 Å². The summed E-state index contributed by atoms with van der Waals surface area (Å²) in [5, 5.41) is 9.33. The molecule has 1 unspecified atom stereocenters. The molecule has 0 aliphatic carbocycles. The standard InChI is InChI=1S/C11H11NO4S/c1-16-10(14)7-3-2-4-8(5-7)12-6-17-11(15)9(12)13/h2-5,11,15H,6H2,1H3. The zero-order valence-corrected chi connectivity index (χ0v) is 9.94. The Balaban J connectivity index is 2.28. The molecule has 0 aromatic heterocycles. The summed E-state index contributed by atoms with van der Waals surface area (Å²) in [5.41, 5.74) is -0.0528. The summed E-state index contributed by atoms with van der Waals surface area (Å²) >= 11 is 1.14. The fourth-order valence-corrected chi connectivity index (χ4v) is 2.37. The monoisotopic (exact) mass is 253 g/mol. The number of carbonyl (C=O) groups is 2. The lowest BCUT2D eigenvalue weighted by Crippen LogP contribution is -2.29. The minimum absolute atomic E-state index is 0.364. The summed E-state index contributed by atoms with van der Waals surface area (Å²) in [6.07, 6.45) is 0. The highest BCUT2D eigenvalue weighted by atomic mass is 32.2. The number of hydrogen-bond acceptors (Lipinski definition) is 5. The first-order valence-electron chi connectivity index (χ1n) is 4.93. The van der Waals surface area contributed by atoms with E-state index in [0.29, 0.717) is 17.1 Å². The van der Waals surface area contributed by atoms with Gasteiger partial charge in [0.1, 0.15) is 0 Å². The number of carbonyl (C=O) groups excluding carboxylic acids is 2. The Morgan fingerprint density at radius 3 is 2.94 bits per heavy atom. The van der Waals surface area contributed by atoms with E-state index in [1.165, 1.54) is 12.0 Å². The number of nitrogens with zero attached hydrogens (tertiary/aromatic N) is 1. The number of aliphatic hydroxyl groups is 1. The summed E-state index contributed by atoms with van der Waals surface area (Å²) in [6, 6.07) is 6.56. The van der Waals surface area contributed by atoms with Crippen molar-refractivity contribution in [3.05, 3.63) is 29.8 Å². The first-order valence-corrected chi connectivity index (χ1v) is 5.98. The van der Waals surface area contributed by atoms with Gasteiger partial charge in [0.2, 0.25) is 0 Å². The summed E-state index contributed by atoms with van der Waals surface area (Å²) in [5.74, 6) is -0.436. The second kappa shape index (κ2) is 4.77. The number of ether oxygens (including phenoxy) is 1. The van der Waals surface area contributed by atoms with Crippen molar-refractivity contribution in [1.82, 2.24) is 0 Å². The van der Waals surface area contributed by atoms with Crippen LogP contribution in [0.2, 0.25) is 0 Å². The minimum atomic E-state index is -1.02. The van der Waals surface area contributed by atoms with Crippen LogP contribution in [-0.2, 0) is 9.53 Å². The smallest absolute Gasteiger partial charge is 0.337 e. The van der Waals surface area contributed by atoms with Crippen molar-refractivity contribution in [1.29, 1.82) is 0 Å². The van der Waals surface area contributed by atoms with E-state index in [4.69, 9.17) is 0 Å². The fourth-order valence-electron chi connectivity index (χ4n) is 1.53. The van der Waals surface area contributed by atoms with Crippen LogP contribution in [0.3, 0.4) is 0 Å². The molecular weight excluding hydrogens is 242 g/mol. The normalized spacial score (nSPS) is 19.5. The zero-order valence-electron chi connectivity index (χ0n) is 9.12. The second-order valence-electron chi connectivity index (χ2n) is 3.46. The molecule has 1 aliphatic rings. The average Bonchev–Trinajstić information content (AvgIpc) is 2.69. The van der Waals surface area contributed by atoms with Crippen LogP contribution in [0.15, 0.2) is 24.3 Å². The summed E-state index contributed by atoms with van der Waals surface area (Å²) < 4.78 is 4.60. The number of anilines is 1. The molecular formula is C11H11NO4S. The number of thioether (sulfide) groups is 1. The predicted molar refractivity (Wildman–Crippen MR) is 63.7 cm³/mol. The lowest BCUT2D eigenvalue weighted by atomic mass is 10.2. The highest BCUT2D eigenvalue weighted by Gasteiger charge is 2.31. The van der Waals surface area contributed by atoms with Crippen molar-refractivity contribution in [2.45, 2.75) is 5.44 Å². The minimum Gasteiger partial charge on any atom is -0.465 e. The van der Waals surface area contributed by atoms with E-state index >= 15 is 0 Å². The SMILES string of the molecule is COC(=O)c1cccc(N2CSC(O)C2=O)c1. The molecule has 1 N–H and O–H groups in total. The van der Waals surface area contributed by atoms with Crippen molar-refractivity contribution in [2.75, 3.05) is 17.9 Å². The Morgan fingerprint density at radius 2 is 2.35 bits per heavy atom. The number of methoxy groups -OCH3 is 1. The van der Waals surface area contributed by atoms with Crippen LogP contribution >= 0.6 is 11.8 Å². The maximum atomic E-state index is 11.6. The van der Waals surface area contributed by atoms with Crippen molar-refractivity contribution in [3.8, 4) is 0 Å². The quantitative estimate of drug-likeness (QED) is 0.791. The van der Waals surface area contributed by atoms with Gasteiger partial charge in [-0.1, -0.05) is 17.8 Å². The lowest BCUT2D eigenvalue weighted by Gasteiger charge is -2.15. The lowest BCUT2D eigenvalue weighted by molar-refractivity contribution is -0.121. The van der Waals surface area contributed by atoms with Gasteiger partial charge in [-0.3, -0.25) is 9.69 Å². The first kappa shape index (κ1) is 11.9. The molecule has 5 nitrogen and oxygen atoms in total. The topological polar surface area (TPSA) is 66.8 Å². The van der Waals surface area contributed by atoms with E-state index in [9.17, 15) is 14.7 Å².